The summed E-state index contributed by atoms with van der Waals surface area (Å²) in [5.41, 5.74) is 4.59. The summed E-state index contributed by atoms with van der Waals surface area (Å²) in [6.07, 6.45) is 2.50. The van der Waals surface area contributed by atoms with E-state index in [0.717, 1.165) is 19.3 Å². The molecule has 4 atom stereocenters. The summed E-state index contributed by atoms with van der Waals surface area (Å²) in [6.45, 7) is 0. The number of hydrogen-bond donors (Lipinski definition) is 3. The van der Waals surface area contributed by atoms with E-state index >= 15 is 0 Å². The van der Waals surface area contributed by atoms with Crippen molar-refractivity contribution in [2.24, 2.45) is 23.7 Å². The summed E-state index contributed by atoms with van der Waals surface area (Å²) in [5, 5.41) is 9.33. The Morgan fingerprint density at radius 2 is 1.82 bits per heavy atom. The van der Waals surface area contributed by atoms with Crippen LogP contribution >= 0.6 is 15.9 Å². The van der Waals surface area contributed by atoms with Crippen LogP contribution in [0, 0.1) is 23.7 Å². The molecule has 3 N–H and O–H groups in total. The molecule has 1 aromatic heterocycles. The molecule has 2 saturated carbocycles. The van der Waals surface area contributed by atoms with Crippen LogP contribution in [-0.4, -0.2) is 22.9 Å². The van der Waals surface area contributed by atoms with Gasteiger partial charge >= 0.3 is 11.9 Å². The van der Waals surface area contributed by atoms with Gasteiger partial charge in [0.05, 0.1) is 11.8 Å². The fourth-order valence-corrected chi connectivity index (χ4v) is 4.03. The number of halogens is 1. The Labute approximate surface area is 134 Å². The summed E-state index contributed by atoms with van der Waals surface area (Å²) in [7, 11) is 0. The molecule has 1 aromatic rings. The van der Waals surface area contributed by atoms with Crippen molar-refractivity contribution in [3.8, 4) is 0 Å². The van der Waals surface area contributed by atoms with Gasteiger partial charge in [-0.1, -0.05) is 0 Å². The summed E-state index contributed by atoms with van der Waals surface area (Å²) < 4.78 is 5.48. The van der Waals surface area contributed by atoms with Gasteiger partial charge < -0.3 is 9.52 Å². The maximum Gasteiger partial charge on any atom is 0.307 e. The van der Waals surface area contributed by atoms with Crippen molar-refractivity contribution >= 4 is 33.7 Å². The lowest BCUT2D eigenvalue weighted by Crippen LogP contribution is -2.48. The second-order valence-corrected chi connectivity index (χ2v) is 6.55. The molecule has 0 spiro atoms. The number of rotatable bonds is 3. The molecule has 2 amide bonds. The van der Waals surface area contributed by atoms with Gasteiger partial charge in [0, 0.05) is 0 Å². The van der Waals surface area contributed by atoms with E-state index in [0.29, 0.717) is 4.67 Å². The van der Waals surface area contributed by atoms with Crippen molar-refractivity contribution in [3.05, 3.63) is 22.6 Å². The first-order chi connectivity index (χ1) is 10.5. The van der Waals surface area contributed by atoms with Gasteiger partial charge in [-0.15, -0.1) is 0 Å². The highest BCUT2D eigenvalue weighted by molar-refractivity contribution is 9.10. The third-order valence-electron chi connectivity index (χ3n) is 4.60. The number of hydrazine groups is 1. The Morgan fingerprint density at radius 3 is 2.41 bits per heavy atom. The second-order valence-electron chi connectivity index (χ2n) is 5.77. The SMILES string of the molecule is O=C(NNC(=O)[C@H]1[C@H]2CC[C@@H](C2)[C@H]1C(=O)O)c1ccc(Br)o1. The minimum absolute atomic E-state index is 0.0508. The average Bonchev–Trinajstić information content (AvgIpc) is 3.18. The highest BCUT2D eigenvalue weighted by atomic mass is 79.9. The molecule has 0 unspecified atom stereocenters. The van der Waals surface area contributed by atoms with Crippen molar-refractivity contribution in [1.29, 1.82) is 0 Å². The van der Waals surface area contributed by atoms with E-state index in [1.807, 2.05) is 0 Å². The van der Waals surface area contributed by atoms with Crippen molar-refractivity contribution < 1.29 is 23.9 Å². The molecule has 0 radical (unpaired) electrons. The molecule has 0 aliphatic heterocycles. The molecule has 118 valence electrons. The third kappa shape index (κ3) is 2.63. The van der Waals surface area contributed by atoms with Gasteiger partial charge in [0.1, 0.15) is 0 Å². The number of fused-ring (bicyclic) bond motifs is 2. The monoisotopic (exact) mass is 370 g/mol. The predicted molar refractivity (Wildman–Crippen MR) is 77.5 cm³/mol. The lowest BCUT2D eigenvalue weighted by atomic mass is 9.79. The molecule has 7 nitrogen and oxygen atoms in total. The van der Waals surface area contributed by atoms with Crippen LogP contribution in [0.5, 0.6) is 0 Å². The fraction of sp³-hybridized carbons (Fsp3) is 0.500. The van der Waals surface area contributed by atoms with E-state index < -0.39 is 29.6 Å². The van der Waals surface area contributed by atoms with E-state index in [-0.39, 0.29) is 17.6 Å². The zero-order valence-electron chi connectivity index (χ0n) is 11.5. The van der Waals surface area contributed by atoms with E-state index in [1.165, 1.54) is 6.07 Å². The van der Waals surface area contributed by atoms with Gasteiger partial charge in [-0.05, 0) is 59.2 Å². The largest absolute Gasteiger partial charge is 0.481 e. The van der Waals surface area contributed by atoms with Gasteiger partial charge in [-0.3, -0.25) is 25.2 Å². The maximum atomic E-state index is 12.3. The number of carboxylic acids is 1. The van der Waals surface area contributed by atoms with Crippen LogP contribution < -0.4 is 10.9 Å². The fourth-order valence-electron chi connectivity index (χ4n) is 3.72. The van der Waals surface area contributed by atoms with E-state index in [9.17, 15) is 19.5 Å². The van der Waals surface area contributed by atoms with E-state index in [4.69, 9.17) is 4.42 Å². The molecule has 1 heterocycles. The number of carbonyl (C=O) groups excluding carboxylic acids is 2. The molecular weight excluding hydrogens is 356 g/mol. The Morgan fingerprint density at radius 1 is 1.14 bits per heavy atom. The number of amides is 2. The van der Waals surface area contributed by atoms with Crippen LogP contribution in [0.15, 0.2) is 21.2 Å². The first-order valence-corrected chi connectivity index (χ1v) is 7.85. The Kier molecular flexibility index (Phi) is 3.94. The number of furan rings is 1. The van der Waals surface area contributed by atoms with Crippen molar-refractivity contribution in [2.45, 2.75) is 19.3 Å². The zero-order valence-corrected chi connectivity index (χ0v) is 13.1. The standard InChI is InChI=1S/C14H15BrN2O5/c15-9-4-3-8(22-9)12(18)16-17-13(19)10-6-1-2-7(5-6)11(10)14(20)21/h3-4,6-7,10-11H,1-2,5H2,(H,16,18)(H,17,19)(H,20,21)/t6-,7-,10-,11+/m0/s1. The quantitative estimate of drug-likeness (QED) is 0.699. The highest BCUT2D eigenvalue weighted by Crippen LogP contribution is 2.52. The Bertz CT molecular complexity index is 629. The molecular formula is C14H15BrN2O5. The van der Waals surface area contributed by atoms with Crippen LogP contribution in [0.2, 0.25) is 0 Å². The van der Waals surface area contributed by atoms with Crippen LogP contribution in [0.1, 0.15) is 29.8 Å². The minimum Gasteiger partial charge on any atom is -0.481 e. The van der Waals surface area contributed by atoms with Crippen LogP contribution in [0.4, 0.5) is 0 Å². The van der Waals surface area contributed by atoms with Gasteiger partial charge in [-0.2, -0.15) is 0 Å². The lowest BCUT2D eigenvalue weighted by molar-refractivity contribution is -0.149. The molecule has 2 fully saturated rings. The van der Waals surface area contributed by atoms with Gasteiger partial charge in [0.25, 0.3) is 0 Å². The molecule has 3 rings (SSSR count). The molecule has 2 aliphatic carbocycles. The molecule has 8 heteroatoms. The van der Waals surface area contributed by atoms with E-state index in [2.05, 4.69) is 26.8 Å². The molecule has 0 saturated heterocycles. The van der Waals surface area contributed by atoms with Gasteiger partial charge in [0.2, 0.25) is 5.91 Å². The first kappa shape index (κ1) is 15.1. The number of nitrogens with one attached hydrogen (secondary N) is 2. The van der Waals surface area contributed by atoms with Crippen LogP contribution in [0.25, 0.3) is 0 Å². The smallest absolute Gasteiger partial charge is 0.307 e. The zero-order chi connectivity index (χ0) is 15.9. The van der Waals surface area contributed by atoms with Gasteiger partial charge in [-0.25, -0.2) is 0 Å². The lowest BCUT2D eigenvalue weighted by Gasteiger charge is -2.26. The van der Waals surface area contributed by atoms with Crippen LogP contribution in [-0.2, 0) is 9.59 Å². The summed E-state index contributed by atoms with van der Waals surface area (Å²) >= 11 is 3.08. The maximum absolute atomic E-state index is 12.3. The number of hydrogen-bond acceptors (Lipinski definition) is 4. The number of aliphatic carboxylic acids is 1. The molecule has 22 heavy (non-hydrogen) atoms. The van der Waals surface area contributed by atoms with Crippen molar-refractivity contribution in [3.63, 3.8) is 0 Å². The molecule has 2 aliphatic rings. The van der Waals surface area contributed by atoms with Crippen molar-refractivity contribution in [2.75, 3.05) is 0 Å². The Balaban J connectivity index is 1.62. The van der Waals surface area contributed by atoms with Crippen LogP contribution in [0.3, 0.4) is 0 Å². The molecule has 0 aromatic carbocycles. The summed E-state index contributed by atoms with van der Waals surface area (Å²) in [6, 6.07) is 3.02. The topological polar surface area (TPSA) is 109 Å². The second kappa shape index (κ2) is 5.75. The average molecular weight is 371 g/mol. The van der Waals surface area contributed by atoms with Gasteiger partial charge in [0.15, 0.2) is 10.4 Å². The van der Waals surface area contributed by atoms with Crippen molar-refractivity contribution in [1.82, 2.24) is 10.9 Å². The summed E-state index contributed by atoms with van der Waals surface area (Å²) in [4.78, 5) is 35.4. The Hall–Kier alpha value is -1.83. The minimum atomic E-state index is -0.936. The van der Waals surface area contributed by atoms with E-state index in [1.54, 1.807) is 6.07 Å². The number of carbonyl (C=O) groups is 3. The predicted octanol–water partition coefficient (Wildman–Crippen LogP) is 1.55. The molecule has 2 bridgehead atoms. The first-order valence-electron chi connectivity index (χ1n) is 7.05. The number of carboxylic acid groups (broad SMARTS) is 1. The normalized spacial score (nSPS) is 29.3. The summed E-state index contributed by atoms with van der Waals surface area (Å²) in [5.74, 6) is -3.01. The highest BCUT2D eigenvalue weighted by Gasteiger charge is 2.54. The third-order valence-corrected chi connectivity index (χ3v) is 5.03.